The summed E-state index contributed by atoms with van der Waals surface area (Å²) < 4.78 is 8.77. The van der Waals surface area contributed by atoms with Crippen molar-refractivity contribution >= 4 is 17.5 Å². The van der Waals surface area contributed by atoms with Crippen molar-refractivity contribution in [3.8, 4) is 5.69 Å². The van der Waals surface area contributed by atoms with Crippen LogP contribution in [0, 0.1) is 6.92 Å². The summed E-state index contributed by atoms with van der Waals surface area (Å²) in [7, 11) is 1.80. The summed E-state index contributed by atoms with van der Waals surface area (Å²) >= 11 is 0. The van der Waals surface area contributed by atoms with E-state index < -0.39 is 0 Å². The topological polar surface area (TPSA) is 88.8 Å². The first-order valence-electron chi connectivity index (χ1n) is 10.7. The molecule has 2 aliphatic rings. The summed E-state index contributed by atoms with van der Waals surface area (Å²) in [5, 5.41) is 2.80. The molecule has 1 N–H and O–H groups in total. The predicted molar refractivity (Wildman–Crippen MR) is 116 cm³/mol. The van der Waals surface area contributed by atoms with Crippen molar-refractivity contribution in [2.24, 2.45) is 7.05 Å². The quantitative estimate of drug-likeness (QED) is 0.761. The van der Waals surface area contributed by atoms with Gasteiger partial charge in [-0.1, -0.05) is 18.2 Å². The highest BCUT2D eigenvalue weighted by Gasteiger charge is 2.30. The fourth-order valence-corrected chi connectivity index (χ4v) is 4.20. The fourth-order valence-electron chi connectivity index (χ4n) is 4.20. The molecule has 0 saturated carbocycles. The van der Waals surface area contributed by atoms with E-state index in [-0.39, 0.29) is 30.0 Å². The zero-order valence-corrected chi connectivity index (χ0v) is 18.0. The van der Waals surface area contributed by atoms with Gasteiger partial charge in [0.1, 0.15) is 11.8 Å². The van der Waals surface area contributed by atoms with Crippen LogP contribution in [0.2, 0.25) is 0 Å². The van der Waals surface area contributed by atoms with Crippen molar-refractivity contribution in [1.29, 1.82) is 0 Å². The Labute approximate surface area is 181 Å². The molecule has 31 heavy (non-hydrogen) atoms. The molecule has 0 bridgehead atoms. The number of nitrogens with zero attached hydrogens (tertiary/aromatic N) is 4. The molecule has 2 saturated heterocycles. The Kier molecular flexibility index (Phi) is 6.24. The van der Waals surface area contributed by atoms with Gasteiger partial charge in [-0.05, 0) is 31.9 Å². The first-order chi connectivity index (χ1) is 15.0. The molecule has 1 atom stereocenters. The molecule has 2 fully saturated rings. The van der Waals surface area contributed by atoms with Crippen LogP contribution in [0.25, 0.3) is 5.69 Å². The van der Waals surface area contributed by atoms with Crippen LogP contribution in [0.3, 0.4) is 0 Å². The zero-order chi connectivity index (χ0) is 22.0. The van der Waals surface area contributed by atoms with Gasteiger partial charge in [0.25, 0.3) is 11.5 Å². The number of aromatic nitrogens is 2. The molecular formula is C22H29N5O4. The van der Waals surface area contributed by atoms with Crippen LogP contribution in [-0.2, 0) is 21.4 Å². The van der Waals surface area contributed by atoms with Gasteiger partial charge in [0.05, 0.1) is 17.9 Å². The smallest absolute Gasteiger partial charge is 0.295 e. The van der Waals surface area contributed by atoms with Crippen LogP contribution < -0.4 is 10.9 Å². The number of ether oxygens (including phenoxy) is 1. The molecule has 1 aromatic heterocycles. The lowest BCUT2D eigenvalue weighted by Gasteiger charge is -2.35. The van der Waals surface area contributed by atoms with E-state index in [1.165, 1.54) is 0 Å². The SMILES string of the molecule is Cc1c(NC(=O)CN2CCN(C(=O)[C@@H]3CCCO3)CC2)c(=O)n(-c2ccccc2)n1C. The van der Waals surface area contributed by atoms with E-state index in [1.54, 1.807) is 16.4 Å². The number of carbonyl (C=O) groups excluding carboxylic acids is 2. The van der Waals surface area contributed by atoms with Crippen LogP contribution in [0.1, 0.15) is 18.5 Å². The molecule has 1 aromatic carbocycles. The lowest BCUT2D eigenvalue weighted by atomic mass is 10.2. The van der Waals surface area contributed by atoms with E-state index in [4.69, 9.17) is 4.74 Å². The monoisotopic (exact) mass is 427 g/mol. The number of piperazine rings is 1. The molecule has 2 amide bonds. The van der Waals surface area contributed by atoms with Gasteiger partial charge >= 0.3 is 0 Å². The second kappa shape index (κ2) is 9.07. The molecule has 9 nitrogen and oxygen atoms in total. The summed E-state index contributed by atoms with van der Waals surface area (Å²) in [6.45, 7) is 5.05. The van der Waals surface area contributed by atoms with Crippen molar-refractivity contribution in [1.82, 2.24) is 19.2 Å². The van der Waals surface area contributed by atoms with Crippen molar-refractivity contribution < 1.29 is 14.3 Å². The molecule has 2 aromatic rings. The summed E-state index contributed by atoms with van der Waals surface area (Å²) in [6, 6.07) is 9.33. The third-order valence-electron chi connectivity index (χ3n) is 6.07. The maximum Gasteiger partial charge on any atom is 0.295 e. The maximum atomic E-state index is 12.9. The Hall–Kier alpha value is -2.91. The number of benzene rings is 1. The Balaban J connectivity index is 1.36. The number of rotatable bonds is 5. The van der Waals surface area contributed by atoms with Crippen molar-refractivity contribution in [2.45, 2.75) is 25.9 Å². The zero-order valence-electron chi connectivity index (χ0n) is 18.0. The molecule has 3 heterocycles. The third-order valence-corrected chi connectivity index (χ3v) is 6.07. The Morgan fingerprint density at radius 3 is 2.48 bits per heavy atom. The minimum Gasteiger partial charge on any atom is -0.368 e. The van der Waals surface area contributed by atoms with Crippen LogP contribution in [0.15, 0.2) is 35.1 Å². The van der Waals surface area contributed by atoms with Gasteiger partial charge in [0, 0.05) is 39.8 Å². The average molecular weight is 428 g/mol. The van der Waals surface area contributed by atoms with Gasteiger partial charge in [-0.15, -0.1) is 0 Å². The molecule has 166 valence electrons. The number of nitrogens with one attached hydrogen (secondary N) is 1. The standard InChI is InChI=1S/C22H29N5O4/c1-16-20(22(30)27(24(16)2)17-7-4-3-5-8-17)23-19(28)15-25-10-12-26(13-11-25)21(29)18-9-6-14-31-18/h3-5,7-8,18H,6,9-15H2,1-2H3,(H,23,28)/t18-/m0/s1. The van der Waals surface area contributed by atoms with Gasteiger partial charge in [-0.2, -0.15) is 0 Å². The van der Waals surface area contributed by atoms with E-state index in [1.807, 2.05) is 47.1 Å². The Morgan fingerprint density at radius 1 is 1.13 bits per heavy atom. The molecule has 0 aliphatic carbocycles. The largest absolute Gasteiger partial charge is 0.368 e. The van der Waals surface area contributed by atoms with Gasteiger partial charge < -0.3 is 15.0 Å². The summed E-state index contributed by atoms with van der Waals surface area (Å²) in [4.78, 5) is 41.9. The van der Waals surface area contributed by atoms with Gasteiger partial charge in [-0.3, -0.25) is 24.0 Å². The first kappa shape index (κ1) is 21.3. The van der Waals surface area contributed by atoms with Crippen molar-refractivity contribution in [3.63, 3.8) is 0 Å². The summed E-state index contributed by atoms with van der Waals surface area (Å²) in [5.41, 5.74) is 1.47. The summed E-state index contributed by atoms with van der Waals surface area (Å²) in [6.07, 6.45) is 1.42. The molecule has 9 heteroatoms. The van der Waals surface area contributed by atoms with Crippen LogP contribution in [-0.4, -0.2) is 76.4 Å². The number of hydrogen-bond donors (Lipinski definition) is 1. The maximum absolute atomic E-state index is 12.9. The van der Waals surface area contributed by atoms with Crippen molar-refractivity contribution in [2.75, 3.05) is 44.6 Å². The Morgan fingerprint density at radius 2 is 1.84 bits per heavy atom. The van der Waals surface area contributed by atoms with Crippen LogP contribution >= 0.6 is 0 Å². The van der Waals surface area contributed by atoms with E-state index in [2.05, 4.69) is 5.32 Å². The molecule has 2 aliphatic heterocycles. The van der Waals surface area contributed by atoms with Crippen LogP contribution in [0.5, 0.6) is 0 Å². The van der Waals surface area contributed by atoms with E-state index in [0.717, 1.165) is 18.5 Å². The second-order valence-electron chi connectivity index (χ2n) is 8.09. The van der Waals surface area contributed by atoms with Gasteiger partial charge in [0.2, 0.25) is 5.91 Å². The van der Waals surface area contributed by atoms with E-state index in [9.17, 15) is 14.4 Å². The Bertz CT molecular complexity index is 999. The van der Waals surface area contributed by atoms with E-state index in [0.29, 0.717) is 44.2 Å². The average Bonchev–Trinajstić information content (AvgIpc) is 3.38. The highest BCUT2D eigenvalue weighted by Crippen LogP contribution is 2.17. The molecule has 0 radical (unpaired) electrons. The highest BCUT2D eigenvalue weighted by molar-refractivity contribution is 5.92. The van der Waals surface area contributed by atoms with Crippen molar-refractivity contribution in [3.05, 3.63) is 46.4 Å². The number of carbonyl (C=O) groups is 2. The number of anilines is 1. The minimum absolute atomic E-state index is 0.0583. The lowest BCUT2D eigenvalue weighted by Crippen LogP contribution is -2.52. The van der Waals surface area contributed by atoms with Crippen LogP contribution in [0.4, 0.5) is 5.69 Å². The van der Waals surface area contributed by atoms with E-state index >= 15 is 0 Å². The fraction of sp³-hybridized carbons (Fsp3) is 0.500. The molecule has 0 unspecified atom stereocenters. The minimum atomic E-state index is -0.303. The van der Waals surface area contributed by atoms with Gasteiger partial charge in [-0.25, -0.2) is 4.68 Å². The first-order valence-corrected chi connectivity index (χ1v) is 10.7. The summed E-state index contributed by atoms with van der Waals surface area (Å²) in [5.74, 6) is -0.173. The molecule has 4 rings (SSSR count). The number of hydrogen-bond acceptors (Lipinski definition) is 5. The molecule has 0 spiro atoms. The second-order valence-corrected chi connectivity index (χ2v) is 8.09. The molecular weight excluding hydrogens is 398 g/mol. The lowest BCUT2D eigenvalue weighted by molar-refractivity contribution is -0.142. The number of amides is 2. The normalized spacial score (nSPS) is 19.5. The highest BCUT2D eigenvalue weighted by atomic mass is 16.5. The third kappa shape index (κ3) is 4.42. The predicted octanol–water partition coefficient (Wildman–Crippen LogP) is 0.746. The number of para-hydroxylation sites is 1. The van der Waals surface area contributed by atoms with Gasteiger partial charge in [0.15, 0.2) is 0 Å².